The molecule has 0 fully saturated rings. The first-order valence-electron chi connectivity index (χ1n) is 10.9. The third-order valence-corrected chi connectivity index (χ3v) is 5.80. The van der Waals surface area contributed by atoms with Gasteiger partial charge in [-0.3, -0.25) is 9.59 Å². The van der Waals surface area contributed by atoms with Crippen molar-refractivity contribution in [3.63, 3.8) is 0 Å². The summed E-state index contributed by atoms with van der Waals surface area (Å²) in [6.07, 6.45) is 3.96. The number of nitrogens with zero attached hydrogens (tertiary/aromatic N) is 1. The van der Waals surface area contributed by atoms with Gasteiger partial charge in [0, 0.05) is 29.1 Å². The number of hydrogen-bond donors (Lipinski definition) is 3. The number of aromatic amines is 1. The minimum Gasteiger partial charge on any atom is -0.356 e. The number of H-pyrrole nitrogens is 1. The predicted octanol–water partition coefficient (Wildman–Crippen LogP) is 5.66. The third kappa shape index (κ3) is 4.28. The van der Waals surface area contributed by atoms with Gasteiger partial charge < -0.3 is 15.6 Å². The molecule has 32 heavy (non-hydrogen) atoms. The molecule has 0 radical (unpaired) electrons. The van der Waals surface area contributed by atoms with E-state index in [0.717, 1.165) is 41.9 Å². The topological polar surface area (TPSA) is 86.9 Å². The van der Waals surface area contributed by atoms with Crippen LogP contribution >= 0.6 is 0 Å². The molecule has 7 heteroatoms. The molecular formula is C25H27FN4O2. The summed E-state index contributed by atoms with van der Waals surface area (Å²) in [5.41, 5.74) is 2.62. The number of fused-ring (bicyclic) bond motifs is 1. The lowest BCUT2D eigenvalue weighted by molar-refractivity contribution is -0.125. The lowest BCUT2D eigenvalue weighted by Gasteiger charge is -2.20. The van der Waals surface area contributed by atoms with Gasteiger partial charge in [0.2, 0.25) is 0 Å². The molecule has 0 saturated carbocycles. The molecule has 0 unspecified atom stereocenters. The number of Topliss-reactive ketones (excluding diaryl/α,β-unsaturated/α-hetero) is 1. The SMILES string of the molecule is CC[C@H]1CCc2[nH]c(-c3ccnc(NC(=O)C(C)(C)F)c3)c(Nc3ccccc3)c2C1=O. The van der Waals surface area contributed by atoms with Crippen molar-refractivity contribution in [2.24, 2.45) is 5.92 Å². The third-order valence-electron chi connectivity index (χ3n) is 5.80. The number of hydrogen-bond acceptors (Lipinski definition) is 4. The Labute approximate surface area is 186 Å². The molecule has 0 aliphatic heterocycles. The number of anilines is 3. The quantitative estimate of drug-likeness (QED) is 0.467. The van der Waals surface area contributed by atoms with E-state index in [-0.39, 0.29) is 17.5 Å². The van der Waals surface area contributed by atoms with Crippen molar-refractivity contribution in [2.45, 2.75) is 45.7 Å². The molecule has 2 aromatic heterocycles. The first-order chi connectivity index (χ1) is 15.3. The number of nitrogens with one attached hydrogen (secondary N) is 3. The molecule has 1 aliphatic carbocycles. The first kappa shape index (κ1) is 21.7. The normalized spacial score (nSPS) is 15.9. The van der Waals surface area contributed by atoms with Crippen LogP contribution in [0.25, 0.3) is 11.3 Å². The lowest BCUT2D eigenvalue weighted by atomic mass is 9.84. The molecule has 166 valence electrons. The van der Waals surface area contributed by atoms with Crippen LogP contribution < -0.4 is 10.6 Å². The second kappa shape index (κ2) is 8.57. The van der Waals surface area contributed by atoms with E-state index in [0.29, 0.717) is 11.3 Å². The van der Waals surface area contributed by atoms with Gasteiger partial charge in [-0.15, -0.1) is 0 Å². The Hall–Kier alpha value is -3.48. The van der Waals surface area contributed by atoms with E-state index in [4.69, 9.17) is 0 Å². The number of carbonyl (C=O) groups excluding carboxylic acids is 2. The van der Waals surface area contributed by atoms with E-state index in [1.165, 1.54) is 13.8 Å². The number of aromatic nitrogens is 2. The Balaban J connectivity index is 1.78. The molecule has 1 aromatic carbocycles. The van der Waals surface area contributed by atoms with Crippen LogP contribution in [-0.4, -0.2) is 27.3 Å². The predicted molar refractivity (Wildman–Crippen MR) is 124 cm³/mol. The van der Waals surface area contributed by atoms with Gasteiger partial charge in [0.15, 0.2) is 11.5 Å². The maximum Gasteiger partial charge on any atom is 0.262 e. The number of pyridine rings is 1. The second-order valence-corrected chi connectivity index (χ2v) is 8.58. The van der Waals surface area contributed by atoms with Crippen LogP contribution in [0.4, 0.5) is 21.6 Å². The average molecular weight is 435 g/mol. The molecule has 6 nitrogen and oxygen atoms in total. The van der Waals surface area contributed by atoms with Gasteiger partial charge in [-0.05, 0) is 57.4 Å². The molecule has 0 spiro atoms. The molecule has 1 amide bonds. The molecule has 4 rings (SSSR count). The van der Waals surface area contributed by atoms with Gasteiger partial charge in [-0.1, -0.05) is 25.1 Å². The van der Waals surface area contributed by atoms with E-state index in [9.17, 15) is 14.0 Å². The van der Waals surface area contributed by atoms with Crippen LogP contribution in [0, 0.1) is 5.92 Å². The minimum atomic E-state index is -2.02. The van der Waals surface area contributed by atoms with Gasteiger partial charge in [0.1, 0.15) is 5.82 Å². The molecule has 1 aliphatic rings. The fourth-order valence-electron chi connectivity index (χ4n) is 3.98. The van der Waals surface area contributed by atoms with Crippen molar-refractivity contribution in [1.29, 1.82) is 0 Å². The summed E-state index contributed by atoms with van der Waals surface area (Å²) in [6.45, 7) is 4.43. The monoisotopic (exact) mass is 434 g/mol. The molecule has 0 saturated heterocycles. The van der Waals surface area contributed by atoms with E-state index in [2.05, 4.69) is 20.6 Å². The van der Waals surface area contributed by atoms with Crippen molar-refractivity contribution < 1.29 is 14.0 Å². The first-order valence-corrected chi connectivity index (χ1v) is 10.9. The van der Waals surface area contributed by atoms with Gasteiger partial charge in [-0.2, -0.15) is 0 Å². The Morgan fingerprint density at radius 2 is 2.00 bits per heavy atom. The number of carbonyl (C=O) groups is 2. The minimum absolute atomic E-state index is 0.00143. The van der Waals surface area contributed by atoms with Crippen LogP contribution in [0.3, 0.4) is 0 Å². The number of amides is 1. The maximum absolute atomic E-state index is 14.0. The Morgan fingerprint density at radius 1 is 1.25 bits per heavy atom. The average Bonchev–Trinajstić information content (AvgIpc) is 3.13. The van der Waals surface area contributed by atoms with Gasteiger partial charge in [0.25, 0.3) is 5.91 Å². The van der Waals surface area contributed by atoms with Crippen LogP contribution in [0.1, 0.15) is 49.7 Å². The van der Waals surface area contributed by atoms with E-state index >= 15 is 0 Å². The van der Waals surface area contributed by atoms with E-state index in [1.807, 2.05) is 37.3 Å². The van der Waals surface area contributed by atoms with Gasteiger partial charge in [0.05, 0.1) is 16.9 Å². The number of ketones is 1. The number of alkyl halides is 1. The molecule has 2 heterocycles. The van der Waals surface area contributed by atoms with Crippen LogP contribution in [0.2, 0.25) is 0 Å². The summed E-state index contributed by atoms with van der Waals surface area (Å²) in [5, 5.41) is 5.94. The zero-order valence-corrected chi connectivity index (χ0v) is 18.5. The molecule has 3 aromatic rings. The molecule has 1 atom stereocenters. The highest BCUT2D eigenvalue weighted by Crippen LogP contribution is 2.41. The second-order valence-electron chi connectivity index (χ2n) is 8.58. The summed E-state index contributed by atoms with van der Waals surface area (Å²) in [6, 6.07) is 13.1. The maximum atomic E-state index is 14.0. The Kier molecular flexibility index (Phi) is 5.82. The smallest absolute Gasteiger partial charge is 0.262 e. The van der Waals surface area contributed by atoms with E-state index in [1.54, 1.807) is 18.3 Å². The summed E-state index contributed by atoms with van der Waals surface area (Å²) in [5.74, 6) is -0.385. The van der Waals surface area contributed by atoms with E-state index < -0.39 is 11.6 Å². The zero-order valence-electron chi connectivity index (χ0n) is 18.5. The van der Waals surface area contributed by atoms with Crippen molar-refractivity contribution in [3.05, 3.63) is 59.9 Å². The Morgan fingerprint density at radius 3 is 2.69 bits per heavy atom. The van der Waals surface area contributed by atoms with Crippen LogP contribution in [-0.2, 0) is 11.2 Å². The zero-order chi connectivity index (χ0) is 22.9. The van der Waals surface area contributed by atoms with Gasteiger partial charge in [-0.25, -0.2) is 9.37 Å². The highest BCUT2D eigenvalue weighted by molar-refractivity contribution is 6.08. The summed E-state index contributed by atoms with van der Waals surface area (Å²) >= 11 is 0. The number of para-hydroxylation sites is 1. The van der Waals surface area contributed by atoms with Crippen LogP contribution in [0.5, 0.6) is 0 Å². The van der Waals surface area contributed by atoms with Crippen molar-refractivity contribution in [3.8, 4) is 11.3 Å². The molecule has 0 bridgehead atoms. The summed E-state index contributed by atoms with van der Waals surface area (Å²) in [7, 11) is 0. The summed E-state index contributed by atoms with van der Waals surface area (Å²) < 4.78 is 14.0. The largest absolute Gasteiger partial charge is 0.356 e. The number of rotatable bonds is 6. The summed E-state index contributed by atoms with van der Waals surface area (Å²) in [4.78, 5) is 32.9. The molecule has 3 N–H and O–H groups in total. The van der Waals surface area contributed by atoms with Crippen molar-refractivity contribution in [2.75, 3.05) is 10.6 Å². The molecular weight excluding hydrogens is 407 g/mol. The standard InChI is InChI=1S/C25H27FN4O2/c1-4-15-10-11-18-20(23(15)31)22(28-17-8-6-5-7-9-17)21(29-18)16-12-13-27-19(14-16)30-24(32)25(2,3)26/h5-9,12-15,28-29H,4,10-11H2,1-3H3,(H,27,30,32)/t15-/m0/s1. The fraction of sp³-hybridized carbons (Fsp3) is 0.320. The van der Waals surface area contributed by atoms with Crippen LogP contribution in [0.15, 0.2) is 48.7 Å². The number of halogens is 1. The highest BCUT2D eigenvalue weighted by Gasteiger charge is 2.33. The van der Waals surface area contributed by atoms with Crippen molar-refractivity contribution in [1.82, 2.24) is 9.97 Å². The van der Waals surface area contributed by atoms with Crippen molar-refractivity contribution >= 4 is 28.9 Å². The lowest BCUT2D eigenvalue weighted by Crippen LogP contribution is -2.32. The fourth-order valence-corrected chi connectivity index (χ4v) is 3.98. The number of benzene rings is 1. The van der Waals surface area contributed by atoms with Gasteiger partial charge >= 0.3 is 0 Å². The Bertz CT molecular complexity index is 1150. The highest BCUT2D eigenvalue weighted by atomic mass is 19.1. The number of aryl methyl sites for hydroxylation is 1.